The summed E-state index contributed by atoms with van der Waals surface area (Å²) in [6.07, 6.45) is 5.86. The number of aromatic amines is 1. The number of amides is 2. The Kier molecular flexibility index (Phi) is 5.97. The molecule has 3 fully saturated rings. The van der Waals surface area contributed by atoms with Gasteiger partial charge in [-0.2, -0.15) is 5.10 Å². The molecular formula is C24H31N5O3. The van der Waals surface area contributed by atoms with Crippen molar-refractivity contribution in [3.63, 3.8) is 0 Å². The zero-order chi connectivity index (χ0) is 22.1. The third kappa shape index (κ3) is 4.56. The van der Waals surface area contributed by atoms with Crippen LogP contribution in [-0.4, -0.2) is 83.3 Å². The first-order valence-corrected chi connectivity index (χ1v) is 11.6. The summed E-state index contributed by atoms with van der Waals surface area (Å²) in [6.45, 7) is 2.93. The van der Waals surface area contributed by atoms with Crippen LogP contribution in [0.3, 0.4) is 0 Å². The molecule has 3 aliphatic heterocycles. The van der Waals surface area contributed by atoms with Crippen LogP contribution in [0, 0.1) is 5.92 Å². The van der Waals surface area contributed by atoms with Gasteiger partial charge in [0.15, 0.2) is 0 Å². The predicted octanol–water partition coefficient (Wildman–Crippen LogP) is 1.91. The molecule has 8 nitrogen and oxygen atoms in total. The van der Waals surface area contributed by atoms with E-state index in [1.165, 1.54) is 0 Å². The minimum absolute atomic E-state index is 0.0203. The van der Waals surface area contributed by atoms with E-state index in [2.05, 4.69) is 20.4 Å². The summed E-state index contributed by atoms with van der Waals surface area (Å²) in [5.74, 6) is 0.153. The van der Waals surface area contributed by atoms with Crippen LogP contribution < -0.4 is 5.32 Å². The number of aromatic nitrogens is 2. The van der Waals surface area contributed by atoms with Gasteiger partial charge in [-0.05, 0) is 56.5 Å². The van der Waals surface area contributed by atoms with E-state index in [1.807, 2.05) is 42.3 Å². The standard InChI is InChI=1S/C24H31N5O3/c1-28-12-18(24(31)29-14-20-8-9-21(15-29)32-20)6-7-19(13-28)26-23(30)17-4-2-16(3-5-17)22-10-11-25-27-22/h2-5,10-11,18-21H,6-9,12-15H2,1H3,(H,25,27)(H,26,30)/t18-,19+,20-,21+/m1/s1. The highest BCUT2D eigenvalue weighted by atomic mass is 16.5. The zero-order valence-electron chi connectivity index (χ0n) is 18.5. The Labute approximate surface area is 188 Å². The highest BCUT2D eigenvalue weighted by Gasteiger charge is 2.38. The number of likely N-dealkylation sites (tertiary alicyclic amines) is 2. The first-order chi connectivity index (χ1) is 15.5. The number of hydrogen-bond acceptors (Lipinski definition) is 5. The average molecular weight is 438 g/mol. The van der Waals surface area contributed by atoms with Gasteiger partial charge in [-0.1, -0.05) is 12.1 Å². The molecule has 5 rings (SSSR count). The lowest BCUT2D eigenvalue weighted by molar-refractivity contribution is -0.144. The van der Waals surface area contributed by atoms with E-state index in [4.69, 9.17) is 4.74 Å². The average Bonchev–Trinajstić information content (AvgIpc) is 3.41. The maximum atomic E-state index is 13.2. The van der Waals surface area contributed by atoms with Gasteiger partial charge in [-0.3, -0.25) is 14.7 Å². The number of hydrogen-bond donors (Lipinski definition) is 2. The summed E-state index contributed by atoms with van der Waals surface area (Å²) in [6, 6.07) is 9.45. The van der Waals surface area contributed by atoms with E-state index in [-0.39, 0.29) is 36.0 Å². The first-order valence-electron chi connectivity index (χ1n) is 11.6. The molecule has 1 aromatic heterocycles. The Bertz CT molecular complexity index is 933. The van der Waals surface area contributed by atoms with Crippen molar-refractivity contribution in [2.24, 2.45) is 5.92 Å². The number of morpholine rings is 1. The van der Waals surface area contributed by atoms with E-state index in [0.717, 1.165) is 63.1 Å². The summed E-state index contributed by atoms with van der Waals surface area (Å²) in [4.78, 5) is 30.2. The van der Waals surface area contributed by atoms with Gasteiger partial charge in [0, 0.05) is 44.0 Å². The number of nitrogens with one attached hydrogen (secondary N) is 2. The SMILES string of the molecule is CN1C[C@@H](NC(=O)c2ccc(-c3ccn[nH]3)cc2)CC[C@@H](C(=O)N2C[C@H]3CC[C@@H](C2)O3)C1. The molecule has 0 spiro atoms. The van der Waals surface area contributed by atoms with Crippen LogP contribution in [0.15, 0.2) is 36.5 Å². The highest BCUT2D eigenvalue weighted by molar-refractivity contribution is 5.94. The summed E-state index contributed by atoms with van der Waals surface area (Å²) in [7, 11) is 2.03. The molecule has 2 bridgehead atoms. The normalized spacial score (nSPS) is 28.3. The summed E-state index contributed by atoms with van der Waals surface area (Å²) in [5, 5.41) is 10.1. The Morgan fingerprint density at radius 2 is 1.75 bits per heavy atom. The second kappa shape index (κ2) is 9.03. The predicted molar refractivity (Wildman–Crippen MR) is 120 cm³/mol. The van der Waals surface area contributed by atoms with Gasteiger partial charge in [0.05, 0.1) is 23.8 Å². The number of carbonyl (C=O) groups excluding carboxylic acids is 2. The summed E-state index contributed by atoms with van der Waals surface area (Å²) >= 11 is 0. The number of carbonyl (C=O) groups is 2. The second-order valence-electron chi connectivity index (χ2n) is 9.41. The van der Waals surface area contributed by atoms with Crippen molar-refractivity contribution in [3.8, 4) is 11.3 Å². The molecular weight excluding hydrogens is 406 g/mol. The maximum absolute atomic E-state index is 13.2. The molecule has 3 aliphatic rings. The Morgan fingerprint density at radius 1 is 1.00 bits per heavy atom. The third-order valence-corrected chi connectivity index (χ3v) is 6.93. The molecule has 4 atom stereocenters. The first kappa shape index (κ1) is 21.2. The van der Waals surface area contributed by atoms with Gasteiger partial charge >= 0.3 is 0 Å². The highest BCUT2D eigenvalue weighted by Crippen LogP contribution is 2.28. The second-order valence-corrected chi connectivity index (χ2v) is 9.41. The minimum atomic E-state index is -0.0749. The Balaban J connectivity index is 1.17. The summed E-state index contributed by atoms with van der Waals surface area (Å²) in [5.41, 5.74) is 2.55. The fourth-order valence-electron chi connectivity index (χ4n) is 5.27. The van der Waals surface area contributed by atoms with Gasteiger partial charge in [0.1, 0.15) is 0 Å². The zero-order valence-corrected chi connectivity index (χ0v) is 18.5. The lowest BCUT2D eigenvalue weighted by Gasteiger charge is -2.34. The molecule has 1 aromatic carbocycles. The lowest BCUT2D eigenvalue weighted by atomic mass is 9.99. The molecule has 0 unspecified atom stereocenters. The molecule has 8 heteroatoms. The van der Waals surface area contributed by atoms with Gasteiger partial charge in [-0.25, -0.2) is 0 Å². The molecule has 2 aromatic rings. The fraction of sp³-hybridized carbons (Fsp3) is 0.542. The molecule has 2 amide bonds. The molecule has 170 valence electrons. The van der Waals surface area contributed by atoms with Crippen LogP contribution in [0.2, 0.25) is 0 Å². The largest absolute Gasteiger partial charge is 0.371 e. The number of H-pyrrole nitrogens is 1. The molecule has 2 N–H and O–H groups in total. The van der Waals surface area contributed by atoms with Crippen LogP contribution >= 0.6 is 0 Å². The quantitative estimate of drug-likeness (QED) is 0.763. The number of fused-ring (bicyclic) bond motifs is 2. The van der Waals surface area contributed by atoms with Gasteiger partial charge in [-0.15, -0.1) is 0 Å². The van der Waals surface area contributed by atoms with Crippen molar-refractivity contribution in [2.75, 3.05) is 33.2 Å². The molecule has 4 heterocycles. The number of likely N-dealkylation sites (N-methyl/N-ethyl adjacent to an activating group) is 1. The van der Waals surface area contributed by atoms with E-state index in [0.29, 0.717) is 5.56 Å². The molecule has 0 radical (unpaired) electrons. The molecule has 32 heavy (non-hydrogen) atoms. The number of rotatable bonds is 4. The Hall–Kier alpha value is -2.71. The van der Waals surface area contributed by atoms with Gasteiger partial charge in [0.25, 0.3) is 5.91 Å². The summed E-state index contributed by atoms with van der Waals surface area (Å²) < 4.78 is 5.89. The van der Waals surface area contributed by atoms with Gasteiger partial charge in [0.2, 0.25) is 5.91 Å². The van der Waals surface area contributed by atoms with Crippen LogP contribution in [0.4, 0.5) is 0 Å². The molecule has 3 saturated heterocycles. The maximum Gasteiger partial charge on any atom is 0.251 e. The van der Waals surface area contributed by atoms with Crippen LogP contribution in [0.5, 0.6) is 0 Å². The monoisotopic (exact) mass is 437 g/mol. The van der Waals surface area contributed by atoms with Crippen LogP contribution in [0.1, 0.15) is 36.0 Å². The number of ether oxygens (including phenoxy) is 1. The van der Waals surface area contributed by atoms with E-state index < -0.39 is 0 Å². The Morgan fingerprint density at radius 3 is 2.44 bits per heavy atom. The molecule has 0 aliphatic carbocycles. The van der Waals surface area contributed by atoms with Crippen LogP contribution in [-0.2, 0) is 9.53 Å². The topological polar surface area (TPSA) is 90.6 Å². The van der Waals surface area contributed by atoms with Crippen molar-refractivity contribution < 1.29 is 14.3 Å². The molecule has 0 saturated carbocycles. The van der Waals surface area contributed by atoms with Crippen molar-refractivity contribution >= 4 is 11.8 Å². The van der Waals surface area contributed by atoms with E-state index in [9.17, 15) is 9.59 Å². The number of nitrogens with zero attached hydrogens (tertiary/aromatic N) is 3. The van der Waals surface area contributed by atoms with E-state index in [1.54, 1.807) is 6.20 Å². The lowest BCUT2D eigenvalue weighted by Crippen LogP contribution is -2.49. The smallest absolute Gasteiger partial charge is 0.251 e. The van der Waals surface area contributed by atoms with Crippen molar-refractivity contribution in [1.82, 2.24) is 25.3 Å². The van der Waals surface area contributed by atoms with Crippen molar-refractivity contribution in [2.45, 2.75) is 43.9 Å². The van der Waals surface area contributed by atoms with Crippen molar-refractivity contribution in [3.05, 3.63) is 42.1 Å². The van der Waals surface area contributed by atoms with Crippen molar-refractivity contribution in [1.29, 1.82) is 0 Å². The minimum Gasteiger partial charge on any atom is -0.371 e. The van der Waals surface area contributed by atoms with E-state index >= 15 is 0 Å². The number of benzene rings is 1. The fourth-order valence-corrected chi connectivity index (χ4v) is 5.27. The van der Waals surface area contributed by atoms with Gasteiger partial charge < -0.3 is 19.9 Å². The van der Waals surface area contributed by atoms with Crippen LogP contribution in [0.25, 0.3) is 11.3 Å². The third-order valence-electron chi connectivity index (χ3n) is 6.93.